The lowest BCUT2D eigenvalue weighted by molar-refractivity contribution is -0.137. The van der Waals surface area contributed by atoms with Gasteiger partial charge in [-0.2, -0.15) is 13.2 Å². The minimum absolute atomic E-state index is 0.206. The molecule has 0 aliphatic heterocycles. The Balaban J connectivity index is 2.89. The topological polar surface area (TPSA) is 12.0 Å². The molecule has 1 aromatic rings. The molecule has 0 amide bonds. The molecular weight excluding hydrogens is 275 g/mol. The first-order valence-electron chi connectivity index (χ1n) is 6.51. The molecule has 108 valence electrons. The lowest BCUT2D eigenvalue weighted by atomic mass is 10.1. The van der Waals surface area contributed by atoms with Crippen molar-refractivity contribution >= 4 is 17.3 Å². The molecule has 19 heavy (non-hydrogen) atoms. The molecule has 0 aromatic heterocycles. The van der Waals surface area contributed by atoms with Crippen molar-refractivity contribution in [3.63, 3.8) is 0 Å². The van der Waals surface area contributed by atoms with E-state index in [2.05, 4.69) is 19.2 Å². The summed E-state index contributed by atoms with van der Waals surface area (Å²) in [4.78, 5) is 0. The summed E-state index contributed by atoms with van der Waals surface area (Å²) in [5.74, 6) is 0. The van der Waals surface area contributed by atoms with Gasteiger partial charge in [0.05, 0.1) is 10.6 Å². The Hall–Kier alpha value is -0.900. The second-order valence-electron chi connectivity index (χ2n) is 4.61. The Kier molecular flexibility index (Phi) is 5.98. The number of nitrogens with one attached hydrogen (secondary N) is 1. The second kappa shape index (κ2) is 7.04. The summed E-state index contributed by atoms with van der Waals surface area (Å²) in [6, 6.07) is 4.18. The van der Waals surface area contributed by atoms with Gasteiger partial charge in [0.15, 0.2) is 0 Å². The highest BCUT2D eigenvalue weighted by Gasteiger charge is 2.33. The number of anilines is 1. The molecule has 1 nitrogen and oxygen atoms in total. The monoisotopic (exact) mass is 293 g/mol. The van der Waals surface area contributed by atoms with E-state index in [4.69, 9.17) is 11.6 Å². The van der Waals surface area contributed by atoms with Crippen molar-refractivity contribution in [2.24, 2.45) is 0 Å². The van der Waals surface area contributed by atoms with Gasteiger partial charge in [0, 0.05) is 11.7 Å². The summed E-state index contributed by atoms with van der Waals surface area (Å²) in [5.41, 5.74) is -0.311. The number of hydrogen-bond donors (Lipinski definition) is 1. The van der Waals surface area contributed by atoms with Crippen molar-refractivity contribution < 1.29 is 13.2 Å². The van der Waals surface area contributed by atoms with Crippen molar-refractivity contribution in [1.29, 1.82) is 0 Å². The van der Waals surface area contributed by atoms with E-state index in [9.17, 15) is 13.2 Å². The molecule has 0 bridgehead atoms. The van der Waals surface area contributed by atoms with Crippen molar-refractivity contribution in [2.45, 2.75) is 51.7 Å². The third kappa shape index (κ3) is 4.94. The van der Waals surface area contributed by atoms with Crippen LogP contribution in [0.25, 0.3) is 0 Å². The molecule has 1 rings (SSSR count). The molecule has 0 unspecified atom stereocenters. The summed E-state index contributed by atoms with van der Waals surface area (Å²) in [7, 11) is 0. The summed E-state index contributed by atoms with van der Waals surface area (Å²) in [6.07, 6.45) is -0.538. The maximum atomic E-state index is 12.8. The van der Waals surface area contributed by atoms with E-state index in [0.29, 0.717) is 5.69 Å². The average molecular weight is 294 g/mol. The van der Waals surface area contributed by atoms with E-state index >= 15 is 0 Å². The molecule has 0 saturated heterocycles. The van der Waals surface area contributed by atoms with Crippen LogP contribution < -0.4 is 5.32 Å². The predicted molar refractivity (Wildman–Crippen MR) is 73.7 cm³/mol. The molecule has 0 fully saturated rings. The van der Waals surface area contributed by atoms with Gasteiger partial charge in [-0.25, -0.2) is 0 Å². The first-order chi connectivity index (χ1) is 8.88. The molecule has 0 saturated carbocycles. The van der Waals surface area contributed by atoms with Crippen molar-refractivity contribution in [2.75, 3.05) is 5.32 Å². The average Bonchev–Trinajstić information content (AvgIpc) is 2.31. The SMILES string of the molecule is CCCC(CCC)Nc1ccc(Cl)c(C(F)(F)F)c1. The number of rotatable bonds is 6. The Morgan fingerprint density at radius 1 is 1.16 bits per heavy atom. The van der Waals surface area contributed by atoms with Crippen LogP contribution in [0.1, 0.15) is 45.1 Å². The third-order valence-electron chi connectivity index (χ3n) is 2.92. The highest BCUT2D eigenvalue weighted by atomic mass is 35.5. The first-order valence-corrected chi connectivity index (χ1v) is 6.89. The second-order valence-corrected chi connectivity index (χ2v) is 5.02. The van der Waals surface area contributed by atoms with Gasteiger partial charge in [0.25, 0.3) is 0 Å². The van der Waals surface area contributed by atoms with Crippen LogP contribution in [0.15, 0.2) is 18.2 Å². The fourth-order valence-corrected chi connectivity index (χ4v) is 2.28. The van der Waals surface area contributed by atoms with E-state index in [0.717, 1.165) is 31.7 Å². The lowest BCUT2D eigenvalue weighted by Crippen LogP contribution is -2.19. The van der Waals surface area contributed by atoms with E-state index in [1.807, 2.05) is 0 Å². The van der Waals surface area contributed by atoms with Crippen LogP contribution in [0.4, 0.5) is 18.9 Å². The van der Waals surface area contributed by atoms with Crippen LogP contribution in [0.5, 0.6) is 0 Å². The summed E-state index contributed by atoms with van der Waals surface area (Å²) < 4.78 is 38.3. The fourth-order valence-electron chi connectivity index (χ4n) is 2.05. The predicted octanol–water partition coefficient (Wildman–Crippen LogP) is 5.74. The van der Waals surface area contributed by atoms with E-state index in [1.165, 1.54) is 6.07 Å². The largest absolute Gasteiger partial charge is 0.417 e. The number of halogens is 4. The Bertz CT molecular complexity index is 398. The minimum Gasteiger partial charge on any atom is -0.382 e. The molecule has 5 heteroatoms. The van der Waals surface area contributed by atoms with E-state index < -0.39 is 11.7 Å². The van der Waals surface area contributed by atoms with Crippen LogP contribution in [0.3, 0.4) is 0 Å². The zero-order valence-electron chi connectivity index (χ0n) is 11.1. The number of hydrogen-bond acceptors (Lipinski definition) is 1. The van der Waals surface area contributed by atoms with E-state index in [-0.39, 0.29) is 11.1 Å². The molecule has 1 N–H and O–H groups in total. The Morgan fingerprint density at radius 2 is 1.74 bits per heavy atom. The van der Waals surface area contributed by atoms with Crippen LogP contribution >= 0.6 is 11.6 Å². The molecule has 0 aliphatic carbocycles. The molecule has 0 heterocycles. The number of alkyl halides is 3. The molecule has 1 aromatic carbocycles. The summed E-state index contributed by atoms with van der Waals surface area (Å²) in [6.45, 7) is 4.13. The normalized spacial score (nSPS) is 11.9. The highest BCUT2D eigenvalue weighted by Crippen LogP contribution is 2.36. The van der Waals surface area contributed by atoms with Crippen LogP contribution in [-0.2, 0) is 6.18 Å². The molecule has 0 spiro atoms. The Morgan fingerprint density at radius 3 is 2.21 bits per heavy atom. The lowest BCUT2D eigenvalue weighted by Gasteiger charge is -2.20. The van der Waals surface area contributed by atoms with Crippen LogP contribution in [-0.4, -0.2) is 6.04 Å². The Labute approximate surface area is 117 Å². The standard InChI is InChI=1S/C14H19ClF3N/c1-3-5-10(6-4-2)19-11-7-8-13(15)12(9-11)14(16,17)18/h7-10,19H,3-6H2,1-2H3. The quantitative estimate of drug-likeness (QED) is 0.705. The van der Waals surface area contributed by atoms with Crippen molar-refractivity contribution in [3.05, 3.63) is 28.8 Å². The van der Waals surface area contributed by atoms with Crippen LogP contribution in [0, 0.1) is 0 Å². The molecule has 0 aliphatic rings. The van der Waals surface area contributed by atoms with Gasteiger partial charge in [-0.05, 0) is 31.0 Å². The summed E-state index contributed by atoms with van der Waals surface area (Å²) >= 11 is 5.59. The van der Waals surface area contributed by atoms with E-state index in [1.54, 1.807) is 6.07 Å². The van der Waals surface area contributed by atoms with Crippen molar-refractivity contribution in [3.8, 4) is 0 Å². The zero-order chi connectivity index (χ0) is 14.5. The zero-order valence-corrected chi connectivity index (χ0v) is 11.9. The minimum atomic E-state index is -4.42. The van der Waals surface area contributed by atoms with Gasteiger partial charge in [0.1, 0.15) is 0 Å². The van der Waals surface area contributed by atoms with Gasteiger partial charge >= 0.3 is 6.18 Å². The van der Waals surface area contributed by atoms with Gasteiger partial charge in [-0.15, -0.1) is 0 Å². The van der Waals surface area contributed by atoms with Gasteiger partial charge < -0.3 is 5.32 Å². The smallest absolute Gasteiger partial charge is 0.382 e. The highest BCUT2D eigenvalue weighted by molar-refractivity contribution is 6.31. The van der Waals surface area contributed by atoms with Crippen molar-refractivity contribution in [1.82, 2.24) is 0 Å². The van der Waals surface area contributed by atoms with Crippen LogP contribution in [0.2, 0.25) is 5.02 Å². The molecule has 0 atom stereocenters. The first kappa shape index (κ1) is 16.2. The maximum Gasteiger partial charge on any atom is 0.417 e. The summed E-state index contributed by atoms with van der Waals surface area (Å²) in [5, 5.41) is 2.90. The molecular formula is C14H19ClF3N. The molecule has 0 radical (unpaired) electrons. The third-order valence-corrected chi connectivity index (χ3v) is 3.25. The van der Waals surface area contributed by atoms with Gasteiger partial charge in [-0.1, -0.05) is 38.3 Å². The fraction of sp³-hybridized carbons (Fsp3) is 0.571. The van der Waals surface area contributed by atoms with Gasteiger partial charge in [0.2, 0.25) is 0 Å². The number of benzene rings is 1. The maximum absolute atomic E-state index is 12.8. The van der Waals surface area contributed by atoms with Gasteiger partial charge in [-0.3, -0.25) is 0 Å².